The summed E-state index contributed by atoms with van der Waals surface area (Å²) in [6.45, 7) is 1.82. The van der Waals surface area contributed by atoms with Gasteiger partial charge in [0.25, 0.3) is 0 Å². The first-order valence-corrected chi connectivity index (χ1v) is 13.9. The Labute approximate surface area is 219 Å². The molecule has 4 aromatic rings. The number of nitrogens with zero attached hydrogens (tertiary/aromatic N) is 6. The third-order valence-corrected chi connectivity index (χ3v) is 9.78. The molecule has 0 bridgehead atoms. The Morgan fingerprint density at radius 2 is 1.89 bits per heavy atom. The Bertz CT molecular complexity index is 1440. The summed E-state index contributed by atoms with van der Waals surface area (Å²) in [6.07, 6.45) is 16.1. The molecule has 0 aromatic carbocycles. The molecule has 36 heavy (non-hydrogen) atoms. The number of hydrogen-bond acceptors (Lipinski definition) is 7. The Hall–Kier alpha value is -2.68. The predicted octanol–water partition coefficient (Wildman–Crippen LogP) is 5.12. The maximum absolute atomic E-state index is 6.76. The average Bonchev–Trinajstić information content (AvgIpc) is 3.50. The van der Waals surface area contributed by atoms with Crippen LogP contribution < -0.4 is 10.6 Å². The summed E-state index contributed by atoms with van der Waals surface area (Å²) >= 11 is 8.37. The number of nitrogens with two attached hydrogens (primary N) is 1. The van der Waals surface area contributed by atoms with E-state index in [0.29, 0.717) is 0 Å². The van der Waals surface area contributed by atoms with E-state index in [0.717, 1.165) is 76.8 Å². The number of hydrogen-bond donors (Lipinski definition) is 1. The second kappa shape index (κ2) is 8.71. The first kappa shape index (κ1) is 22.5. The van der Waals surface area contributed by atoms with Gasteiger partial charge in [-0.3, -0.25) is 14.4 Å². The largest absolute Gasteiger partial charge is 0.342 e. The zero-order valence-corrected chi connectivity index (χ0v) is 21.5. The first-order chi connectivity index (χ1) is 17.6. The highest BCUT2D eigenvalue weighted by Crippen LogP contribution is 2.50. The van der Waals surface area contributed by atoms with E-state index in [4.69, 9.17) is 22.3 Å². The van der Waals surface area contributed by atoms with E-state index < -0.39 is 0 Å². The van der Waals surface area contributed by atoms with Gasteiger partial charge in [0.15, 0.2) is 5.65 Å². The highest BCUT2D eigenvalue weighted by molar-refractivity contribution is 7.99. The lowest BCUT2D eigenvalue weighted by Crippen LogP contribution is -2.45. The highest BCUT2D eigenvalue weighted by Gasteiger charge is 2.46. The fourth-order valence-corrected chi connectivity index (χ4v) is 7.11. The highest BCUT2D eigenvalue weighted by atomic mass is 35.5. The first-order valence-electron chi connectivity index (χ1n) is 12.7. The molecular weight excluding hydrogens is 490 g/mol. The minimum Gasteiger partial charge on any atom is -0.342 e. The van der Waals surface area contributed by atoms with Crippen molar-refractivity contribution in [3.05, 3.63) is 71.2 Å². The number of aromatic nitrogens is 5. The smallest absolute Gasteiger partial charge is 0.211 e. The molecule has 7 rings (SSSR count). The van der Waals surface area contributed by atoms with Crippen LogP contribution in [0.5, 0.6) is 0 Å². The van der Waals surface area contributed by atoms with Crippen LogP contribution in [0.25, 0.3) is 5.65 Å². The molecule has 1 saturated heterocycles. The van der Waals surface area contributed by atoms with Crippen LogP contribution >= 0.6 is 23.4 Å². The summed E-state index contributed by atoms with van der Waals surface area (Å²) in [4.78, 5) is 23.1. The van der Waals surface area contributed by atoms with Gasteiger partial charge in [0.05, 0.1) is 15.6 Å². The molecular formula is C27H28ClN7S. The van der Waals surface area contributed by atoms with Crippen molar-refractivity contribution in [3.8, 4) is 0 Å². The fourth-order valence-electron chi connectivity index (χ4n) is 5.89. The molecule has 3 aliphatic rings. The number of fused-ring (bicyclic) bond motifs is 2. The van der Waals surface area contributed by atoms with Gasteiger partial charge >= 0.3 is 0 Å². The average molecular weight is 518 g/mol. The molecule has 5 heterocycles. The lowest BCUT2D eigenvalue weighted by atomic mass is 9.73. The van der Waals surface area contributed by atoms with Gasteiger partial charge in [-0.15, -0.1) is 0 Å². The molecule has 4 aromatic heterocycles. The number of rotatable bonds is 5. The van der Waals surface area contributed by atoms with E-state index in [1.165, 1.54) is 24.1 Å². The Morgan fingerprint density at radius 3 is 2.69 bits per heavy atom. The van der Waals surface area contributed by atoms with Crippen LogP contribution in [0.1, 0.15) is 48.7 Å². The summed E-state index contributed by atoms with van der Waals surface area (Å²) in [6, 6.07) is 6.18. The number of pyridine rings is 2. The second-order valence-electron chi connectivity index (χ2n) is 10.4. The molecule has 0 radical (unpaired) electrons. The minimum absolute atomic E-state index is 0.0539. The Morgan fingerprint density at radius 1 is 1.03 bits per heavy atom. The van der Waals surface area contributed by atoms with Gasteiger partial charge in [-0.2, -0.15) is 0 Å². The molecule has 184 valence electrons. The van der Waals surface area contributed by atoms with Crippen LogP contribution in [0.15, 0.2) is 59.0 Å². The molecule has 9 heteroatoms. The molecule has 1 spiro atoms. The maximum atomic E-state index is 6.76. The van der Waals surface area contributed by atoms with Crippen LogP contribution in [0.4, 0.5) is 5.95 Å². The molecule has 0 unspecified atom stereocenters. The van der Waals surface area contributed by atoms with Gasteiger partial charge < -0.3 is 10.6 Å². The zero-order chi connectivity index (χ0) is 24.3. The normalized spacial score (nSPS) is 20.8. The van der Waals surface area contributed by atoms with E-state index in [1.807, 2.05) is 43.1 Å². The van der Waals surface area contributed by atoms with Crippen molar-refractivity contribution >= 4 is 35.0 Å². The Kier molecular flexibility index (Phi) is 5.45. The summed E-state index contributed by atoms with van der Waals surface area (Å²) in [7, 11) is 0. The van der Waals surface area contributed by atoms with E-state index >= 15 is 0 Å². The van der Waals surface area contributed by atoms with Crippen LogP contribution in [0, 0.1) is 11.3 Å². The zero-order valence-electron chi connectivity index (χ0n) is 20.0. The van der Waals surface area contributed by atoms with Crippen molar-refractivity contribution < 1.29 is 0 Å². The van der Waals surface area contributed by atoms with Crippen LogP contribution in [0.3, 0.4) is 0 Å². The van der Waals surface area contributed by atoms with Crippen molar-refractivity contribution in [3.63, 3.8) is 0 Å². The van der Waals surface area contributed by atoms with Crippen LogP contribution in [-0.4, -0.2) is 37.4 Å². The summed E-state index contributed by atoms with van der Waals surface area (Å²) < 4.78 is 2.10. The van der Waals surface area contributed by atoms with Crippen molar-refractivity contribution in [1.82, 2.24) is 24.3 Å². The van der Waals surface area contributed by atoms with Gasteiger partial charge in [-0.25, -0.2) is 9.97 Å². The third-order valence-electron chi connectivity index (χ3n) is 8.18. The standard InChI is InChI=1S/C27H28ClN7S/c28-23-19(14-17-3-4-17)31-9-5-21(23)36-22-16-33-26(35-13-10-32-25(22)35)34-11-6-27(7-12-34)15-20-18(24(27)29)2-1-8-30-20/h1-2,5,8-10,13,16-17,24H,3-4,6-7,11-12,14-15,29H2/t24-/m1/s1. The number of imidazole rings is 1. The van der Waals surface area contributed by atoms with Crippen molar-refractivity contribution in [1.29, 1.82) is 0 Å². The van der Waals surface area contributed by atoms with Gasteiger partial charge in [0, 0.05) is 60.7 Å². The maximum Gasteiger partial charge on any atom is 0.211 e. The van der Waals surface area contributed by atoms with Gasteiger partial charge in [-0.1, -0.05) is 29.4 Å². The lowest BCUT2D eigenvalue weighted by molar-refractivity contribution is 0.186. The van der Waals surface area contributed by atoms with Gasteiger partial charge in [0.1, 0.15) is 0 Å². The van der Waals surface area contributed by atoms with Crippen molar-refractivity contribution in [2.24, 2.45) is 17.1 Å². The molecule has 7 nitrogen and oxygen atoms in total. The van der Waals surface area contributed by atoms with Crippen molar-refractivity contribution in [2.75, 3.05) is 18.0 Å². The van der Waals surface area contributed by atoms with E-state index in [2.05, 4.69) is 30.3 Å². The van der Waals surface area contributed by atoms with Gasteiger partial charge in [0.2, 0.25) is 5.95 Å². The number of anilines is 1. The van der Waals surface area contributed by atoms with Crippen LogP contribution in [0.2, 0.25) is 5.02 Å². The third kappa shape index (κ3) is 3.78. The predicted molar refractivity (Wildman–Crippen MR) is 142 cm³/mol. The minimum atomic E-state index is 0.0539. The fraction of sp³-hybridized carbons (Fsp3) is 0.407. The molecule has 2 N–H and O–H groups in total. The van der Waals surface area contributed by atoms with E-state index in [9.17, 15) is 0 Å². The summed E-state index contributed by atoms with van der Waals surface area (Å²) in [5.74, 6) is 1.67. The Balaban J connectivity index is 1.12. The molecule has 2 fully saturated rings. The summed E-state index contributed by atoms with van der Waals surface area (Å²) in [5, 5.41) is 0.757. The monoisotopic (exact) mass is 517 g/mol. The number of halogens is 1. The lowest BCUT2D eigenvalue weighted by Gasteiger charge is -2.42. The number of piperidine rings is 1. The van der Waals surface area contributed by atoms with Gasteiger partial charge in [-0.05, 0) is 67.6 Å². The van der Waals surface area contributed by atoms with E-state index in [-0.39, 0.29) is 11.5 Å². The topological polar surface area (TPSA) is 85.2 Å². The van der Waals surface area contributed by atoms with Crippen LogP contribution in [-0.2, 0) is 12.8 Å². The van der Waals surface area contributed by atoms with Crippen molar-refractivity contribution in [2.45, 2.75) is 54.4 Å². The molecule has 2 aliphatic carbocycles. The molecule has 1 atom stereocenters. The molecule has 1 saturated carbocycles. The molecule has 0 amide bonds. The molecule has 1 aliphatic heterocycles. The quantitative estimate of drug-likeness (QED) is 0.393. The summed E-state index contributed by atoms with van der Waals surface area (Å²) in [5.41, 5.74) is 11.1. The SMILES string of the molecule is N[C@@H]1c2cccnc2CC12CCN(c1ncc(Sc3ccnc(CC4CC4)c3Cl)c3nccn13)CC2. The second-order valence-corrected chi connectivity index (χ2v) is 11.9. The van der Waals surface area contributed by atoms with E-state index in [1.54, 1.807) is 11.8 Å².